The van der Waals surface area contributed by atoms with Gasteiger partial charge in [-0.15, -0.1) is 0 Å². The predicted molar refractivity (Wildman–Crippen MR) is 118 cm³/mol. The third-order valence-corrected chi connectivity index (χ3v) is 4.63. The molecule has 0 unspecified atom stereocenters. The Kier molecular flexibility index (Phi) is 6.86. The van der Waals surface area contributed by atoms with Crippen molar-refractivity contribution in [3.8, 4) is 11.8 Å². The van der Waals surface area contributed by atoms with Gasteiger partial charge in [0.05, 0.1) is 18.8 Å². The minimum Gasteiger partial charge on any atom is -0.495 e. The highest BCUT2D eigenvalue weighted by molar-refractivity contribution is 5.98. The quantitative estimate of drug-likeness (QED) is 0.447. The van der Waals surface area contributed by atoms with E-state index >= 15 is 0 Å². The van der Waals surface area contributed by atoms with Gasteiger partial charge in [-0.2, -0.15) is 5.26 Å². The van der Waals surface area contributed by atoms with Gasteiger partial charge in [0.1, 0.15) is 17.4 Å². The van der Waals surface area contributed by atoms with Crippen molar-refractivity contribution in [2.24, 2.45) is 0 Å². The van der Waals surface area contributed by atoms with Gasteiger partial charge in [-0.25, -0.2) is 0 Å². The highest BCUT2D eigenvalue weighted by Gasteiger charge is 2.19. The molecule has 0 aliphatic rings. The number of benzene rings is 3. The molecule has 3 aromatic carbocycles. The van der Waals surface area contributed by atoms with E-state index in [1.54, 1.807) is 7.11 Å². The van der Waals surface area contributed by atoms with Crippen molar-refractivity contribution in [2.75, 3.05) is 12.4 Å². The second-order valence-corrected chi connectivity index (χ2v) is 6.75. The summed E-state index contributed by atoms with van der Waals surface area (Å²) < 4.78 is 5.33. The molecule has 3 rings (SSSR count). The lowest BCUT2D eigenvalue weighted by Crippen LogP contribution is -2.30. The first-order valence-corrected chi connectivity index (χ1v) is 9.54. The lowest BCUT2D eigenvalue weighted by atomic mass is 9.98. The maximum atomic E-state index is 12.9. The molecule has 0 heterocycles. The molecule has 0 radical (unpaired) electrons. The summed E-state index contributed by atoms with van der Waals surface area (Å²) in [5, 5.41) is 15.6. The average Bonchev–Trinajstić information content (AvgIpc) is 2.79. The number of nitrogens with one attached hydrogen (secondary N) is 2. The highest BCUT2D eigenvalue weighted by atomic mass is 16.5. The number of hydrogen-bond donors (Lipinski definition) is 2. The fourth-order valence-corrected chi connectivity index (χ4v) is 3.09. The zero-order chi connectivity index (χ0) is 21.3. The second-order valence-electron chi connectivity index (χ2n) is 6.75. The molecule has 0 fully saturated rings. The van der Waals surface area contributed by atoms with E-state index < -0.39 is 5.91 Å². The summed E-state index contributed by atoms with van der Waals surface area (Å²) in [5.41, 5.74) is 3.55. The van der Waals surface area contributed by atoms with Crippen LogP contribution >= 0.6 is 0 Å². The zero-order valence-electron chi connectivity index (χ0n) is 16.9. The van der Waals surface area contributed by atoms with Crippen molar-refractivity contribution in [1.29, 1.82) is 5.26 Å². The number of anilines is 1. The van der Waals surface area contributed by atoms with Crippen LogP contribution in [0.3, 0.4) is 0 Å². The number of rotatable bonds is 7. The number of carbonyl (C=O) groups excluding carboxylic acids is 1. The summed E-state index contributed by atoms with van der Waals surface area (Å²) >= 11 is 0. The molecule has 0 spiro atoms. The third-order valence-electron chi connectivity index (χ3n) is 4.63. The van der Waals surface area contributed by atoms with Gasteiger partial charge in [0.15, 0.2) is 0 Å². The Bertz CT molecular complexity index is 1030. The molecule has 5 nitrogen and oxygen atoms in total. The van der Waals surface area contributed by atoms with Crippen molar-refractivity contribution in [3.63, 3.8) is 0 Å². The second kappa shape index (κ2) is 9.94. The van der Waals surface area contributed by atoms with E-state index in [-0.39, 0.29) is 11.6 Å². The van der Waals surface area contributed by atoms with E-state index in [2.05, 4.69) is 10.6 Å². The Morgan fingerprint density at radius 2 is 1.60 bits per heavy atom. The molecule has 0 aliphatic carbocycles. The van der Waals surface area contributed by atoms with Crippen molar-refractivity contribution >= 4 is 11.6 Å². The smallest absolute Gasteiger partial charge is 0.264 e. The maximum absolute atomic E-state index is 12.9. The molecule has 0 saturated carbocycles. The molecule has 1 amide bonds. The van der Waals surface area contributed by atoms with Crippen LogP contribution in [0.2, 0.25) is 0 Å². The molecule has 150 valence electrons. The molecule has 0 saturated heterocycles. The lowest BCUT2D eigenvalue weighted by Gasteiger charge is -2.19. The topological polar surface area (TPSA) is 74.1 Å². The number of nitrogens with zero attached hydrogens (tertiary/aromatic N) is 1. The zero-order valence-corrected chi connectivity index (χ0v) is 16.9. The van der Waals surface area contributed by atoms with Gasteiger partial charge in [0.25, 0.3) is 5.91 Å². The first-order valence-electron chi connectivity index (χ1n) is 9.54. The van der Waals surface area contributed by atoms with Gasteiger partial charge in [-0.05, 0) is 35.7 Å². The van der Waals surface area contributed by atoms with Crippen LogP contribution in [0.4, 0.5) is 5.69 Å². The van der Waals surface area contributed by atoms with Crippen LogP contribution in [0.15, 0.2) is 90.6 Å². The van der Waals surface area contributed by atoms with Gasteiger partial charge in [-0.1, -0.05) is 66.7 Å². The number of carbonyl (C=O) groups is 1. The fourth-order valence-electron chi connectivity index (χ4n) is 3.09. The first-order chi connectivity index (χ1) is 14.6. The largest absolute Gasteiger partial charge is 0.495 e. The summed E-state index contributed by atoms with van der Waals surface area (Å²) in [4.78, 5) is 12.9. The van der Waals surface area contributed by atoms with Crippen LogP contribution in [0.1, 0.15) is 22.7 Å². The van der Waals surface area contributed by atoms with E-state index in [4.69, 9.17) is 4.74 Å². The van der Waals surface area contributed by atoms with E-state index in [0.29, 0.717) is 11.4 Å². The summed E-state index contributed by atoms with van der Waals surface area (Å²) in [6, 6.07) is 26.6. The predicted octanol–water partition coefficient (Wildman–Crippen LogP) is 4.73. The summed E-state index contributed by atoms with van der Waals surface area (Å²) in [6.07, 6.45) is 1.40. The average molecular weight is 397 g/mol. The molecule has 0 bridgehead atoms. The summed E-state index contributed by atoms with van der Waals surface area (Å²) in [7, 11) is 1.57. The highest BCUT2D eigenvalue weighted by Crippen LogP contribution is 2.26. The molecule has 0 aromatic heterocycles. The minimum absolute atomic E-state index is 0.0320. The Hall–Kier alpha value is -4.04. The SMILES string of the molecule is COc1ccc(C)cc1N/C=C(/C#N)C(=O)NC(c1ccccc1)c1ccccc1. The first kappa shape index (κ1) is 20.7. The molecular weight excluding hydrogens is 374 g/mol. The molecule has 0 aliphatic heterocycles. The van der Waals surface area contributed by atoms with Gasteiger partial charge in [-0.3, -0.25) is 4.79 Å². The molecule has 5 heteroatoms. The van der Waals surface area contributed by atoms with Crippen molar-refractivity contribution in [3.05, 3.63) is 107 Å². The number of hydrogen-bond acceptors (Lipinski definition) is 4. The monoisotopic (exact) mass is 397 g/mol. The Labute approximate surface area is 176 Å². The van der Waals surface area contributed by atoms with E-state index in [1.165, 1.54) is 6.20 Å². The minimum atomic E-state index is -0.464. The Morgan fingerprint density at radius 1 is 1.00 bits per heavy atom. The van der Waals surface area contributed by atoms with Crippen LogP contribution in [-0.4, -0.2) is 13.0 Å². The van der Waals surface area contributed by atoms with Crippen LogP contribution in [0.25, 0.3) is 0 Å². The van der Waals surface area contributed by atoms with Crippen LogP contribution < -0.4 is 15.4 Å². The van der Waals surface area contributed by atoms with Crippen LogP contribution in [-0.2, 0) is 4.79 Å². The summed E-state index contributed by atoms with van der Waals surface area (Å²) in [5.74, 6) is 0.162. The lowest BCUT2D eigenvalue weighted by molar-refractivity contribution is -0.117. The van der Waals surface area contributed by atoms with Crippen molar-refractivity contribution in [1.82, 2.24) is 5.32 Å². The van der Waals surface area contributed by atoms with Gasteiger partial charge < -0.3 is 15.4 Å². The normalized spacial score (nSPS) is 10.9. The molecule has 3 aromatic rings. The molecular formula is C25H23N3O2. The van der Waals surface area contributed by atoms with Crippen molar-refractivity contribution < 1.29 is 9.53 Å². The third kappa shape index (κ3) is 5.06. The van der Waals surface area contributed by atoms with Gasteiger partial charge >= 0.3 is 0 Å². The molecule has 2 N–H and O–H groups in total. The maximum Gasteiger partial charge on any atom is 0.264 e. The number of methoxy groups -OCH3 is 1. The fraction of sp³-hybridized carbons (Fsp3) is 0.120. The van der Waals surface area contributed by atoms with E-state index in [0.717, 1.165) is 16.7 Å². The Balaban J connectivity index is 1.85. The summed E-state index contributed by atoms with van der Waals surface area (Å²) in [6.45, 7) is 1.95. The number of nitriles is 1. The number of aryl methyl sites for hydroxylation is 1. The Morgan fingerprint density at radius 3 is 2.13 bits per heavy atom. The van der Waals surface area contributed by atoms with Crippen molar-refractivity contribution in [2.45, 2.75) is 13.0 Å². The number of amides is 1. The van der Waals surface area contributed by atoms with Gasteiger partial charge in [0.2, 0.25) is 0 Å². The van der Waals surface area contributed by atoms with E-state index in [1.807, 2.05) is 91.9 Å². The molecule has 30 heavy (non-hydrogen) atoms. The van der Waals surface area contributed by atoms with Crippen LogP contribution in [0, 0.1) is 18.3 Å². The van der Waals surface area contributed by atoms with Crippen LogP contribution in [0.5, 0.6) is 5.75 Å². The van der Waals surface area contributed by atoms with Gasteiger partial charge in [0, 0.05) is 6.20 Å². The number of ether oxygens (including phenoxy) is 1. The standard InChI is InChI=1S/C25H23N3O2/c1-18-13-14-23(30-2)22(15-18)27-17-21(16-26)25(29)28-24(19-9-5-3-6-10-19)20-11-7-4-8-12-20/h3-15,17,24,27H,1-2H3,(H,28,29)/b21-17-. The molecule has 0 atom stereocenters. The van der Waals surface area contributed by atoms with E-state index in [9.17, 15) is 10.1 Å².